The molecule has 0 aliphatic carbocycles. The number of carbonyl (C=O) groups is 3. The van der Waals surface area contributed by atoms with Crippen molar-refractivity contribution in [2.45, 2.75) is 186 Å². The standard InChI is InChI=1S/C47H77NO10Si/c1-11-13-15-19-22-29-46(55-34-35-56-46)30-23-20-17-16-18-21-24-39(47(53,43(52)58-44(3,4)5)31-33-57-59(9,10)45(6,7)8)41(49)48-40(42(50)51)36-37-25-27-38(28-26-37)54-32-14-12-2/h21,24-28,39-40,53H,11,13,15-20,22-23,29-36H2,1-10H3,(H,48,49)(H,50,51)/t39-,40+,47+/m1/s1. The van der Waals surface area contributed by atoms with Gasteiger partial charge in [-0.2, -0.15) is 0 Å². The maximum atomic E-state index is 14.3. The molecule has 334 valence electrons. The van der Waals surface area contributed by atoms with Gasteiger partial charge in [-0.1, -0.05) is 96.4 Å². The van der Waals surface area contributed by atoms with Crippen molar-refractivity contribution in [2.24, 2.45) is 5.92 Å². The Bertz CT molecular complexity index is 1510. The normalized spacial score (nSPS) is 16.5. The summed E-state index contributed by atoms with van der Waals surface area (Å²) in [6, 6.07) is 5.53. The SMILES string of the molecule is CC#CCOc1ccc(C[C@H](NC(=O)[C@@H](C=CCCCCCCC2(CCCCCCC)OCCO2)[C@@](O)(CCO[Si](C)(C)C(C)(C)C)C(=O)OC(C)(C)C)C(=O)O)cc1. The largest absolute Gasteiger partial charge is 0.481 e. The summed E-state index contributed by atoms with van der Waals surface area (Å²) in [6.45, 7) is 20.9. The lowest BCUT2D eigenvalue weighted by molar-refractivity contribution is -0.185. The lowest BCUT2D eigenvalue weighted by Crippen LogP contribution is -2.56. The van der Waals surface area contributed by atoms with Crippen molar-refractivity contribution in [2.75, 3.05) is 26.4 Å². The fourth-order valence-corrected chi connectivity index (χ4v) is 7.70. The molecule has 0 saturated carbocycles. The minimum absolute atomic E-state index is 0.00185. The van der Waals surface area contributed by atoms with E-state index in [4.69, 9.17) is 23.4 Å². The maximum absolute atomic E-state index is 14.3. The van der Waals surface area contributed by atoms with E-state index >= 15 is 0 Å². The van der Waals surface area contributed by atoms with Gasteiger partial charge in [-0.3, -0.25) is 4.79 Å². The molecule has 2 rings (SSSR count). The number of hydrogen-bond acceptors (Lipinski definition) is 9. The predicted octanol–water partition coefficient (Wildman–Crippen LogP) is 9.30. The van der Waals surface area contributed by atoms with Crippen molar-refractivity contribution in [1.82, 2.24) is 5.32 Å². The zero-order valence-corrected chi connectivity index (χ0v) is 39.0. The third kappa shape index (κ3) is 18.5. The average Bonchev–Trinajstić information content (AvgIpc) is 3.61. The summed E-state index contributed by atoms with van der Waals surface area (Å²) >= 11 is 0. The van der Waals surface area contributed by atoms with E-state index in [9.17, 15) is 24.6 Å². The maximum Gasteiger partial charge on any atom is 0.339 e. The molecule has 0 bridgehead atoms. The molecule has 59 heavy (non-hydrogen) atoms. The second-order valence-electron chi connectivity index (χ2n) is 18.4. The van der Waals surface area contributed by atoms with Gasteiger partial charge < -0.3 is 38.9 Å². The molecule has 0 unspecified atom stereocenters. The number of amides is 1. The van der Waals surface area contributed by atoms with Crippen LogP contribution in [0.3, 0.4) is 0 Å². The zero-order chi connectivity index (χ0) is 44.2. The number of hydrogen-bond donors (Lipinski definition) is 3. The van der Waals surface area contributed by atoms with Crippen molar-refractivity contribution in [3.05, 3.63) is 42.0 Å². The Morgan fingerprint density at radius 1 is 0.932 bits per heavy atom. The number of benzene rings is 1. The first kappa shape index (κ1) is 51.9. The molecule has 1 aliphatic heterocycles. The van der Waals surface area contributed by atoms with Gasteiger partial charge in [-0.15, -0.1) is 5.92 Å². The Kier molecular flexibility index (Phi) is 21.9. The summed E-state index contributed by atoms with van der Waals surface area (Å²) in [5, 5.41) is 25.1. The van der Waals surface area contributed by atoms with Crippen LogP contribution < -0.4 is 10.1 Å². The lowest BCUT2D eigenvalue weighted by Gasteiger charge is -2.38. The Hall–Kier alpha value is -3.21. The minimum atomic E-state index is -2.36. The van der Waals surface area contributed by atoms with Crippen LogP contribution in [0.1, 0.15) is 144 Å². The lowest BCUT2D eigenvalue weighted by atomic mass is 9.82. The number of unbranched alkanes of at least 4 members (excludes halogenated alkanes) is 8. The van der Waals surface area contributed by atoms with Crippen LogP contribution in [0.2, 0.25) is 18.1 Å². The number of aliphatic hydroxyl groups is 1. The monoisotopic (exact) mass is 844 g/mol. The van der Waals surface area contributed by atoms with E-state index in [1.54, 1.807) is 58.0 Å². The molecular weight excluding hydrogens is 767 g/mol. The van der Waals surface area contributed by atoms with Crippen LogP contribution in [0, 0.1) is 17.8 Å². The minimum Gasteiger partial charge on any atom is -0.481 e. The first-order valence-corrected chi connectivity index (χ1v) is 24.8. The number of nitrogens with one attached hydrogen (secondary N) is 1. The number of carboxylic acids is 1. The molecule has 1 amide bonds. The van der Waals surface area contributed by atoms with Gasteiger partial charge in [0.15, 0.2) is 19.7 Å². The fraction of sp³-hybridized carbons (Fsp3) is 0.723. The molecule has 0 aromatic heterocycles. The summed E-state index contributed by atoms with van der Waals surface area (Å²) in [5.41, 5.74) is -2.68. The quantitative estimate of drug-likeness (QED) is 0.0257. The van der Waals surface area contributed by atoms with E-state index in [1.807, 2.05) is 0 Å². The van der Waals surface area contributed by atoms with Crippen LogP contribution in [0.5, 0.6) is 5.75 Å². The molecule has 12 heteroatoms. The molecule has 1 fully saturated rings. The highest BCUT2D eigenvalue weighted by atomic mass is 28.4. The summed E-state index contributed by atoms with van der Waals surface area (Å²) in [7, 11) is -2.31. The van der Waals surface area contributed by atoms with E-state index in [0.29, 0.717) is 30.9 Å². The van der Waals surface area contributed by atoms with Crippen molar-refractivity contribution >= 4 is 26.2 Å². The van der Waals surface area contributed by atoms with Crippen molar-refractivity contribution in [3.8, 4) is 17.6 Å². The zero-order valence-electron chi connectivity index (χ0n) is 38.0. The van der Waals surface area contributed by atoms with Crippen LogP contribution in [0.15, 0.2) is 36.4 Å². The molecule has 11 nitrogen and oxygen atoms in total. The van der Waals surface area contributed by atoms with Gasteiger partial charge in [-0.05, 0) is 89.2 Å². The van der Waals surface area contributed by atoms with Gasteiger partial charge in [0.25, 0.3) is 0 Å². The van der Waals surface area contributed by atoms with E-state index in [2.05, 4.69) is 57.9 Å². The Morgan fingerprint density at radius 2 is 1.53 bits per heavy atom. The van der Waals surface area contributed by atoms with Gasteiger partial charge in [0, 0.05) is 32.3 Å². The highest BCUT2D eigenvalue weighted by Gasteiger charge is 2.50. The van der Waals surface area contributed by atoms with Gasteiger partial charge in [0.2, 0.25) is 5.91 Å². The molecule has 1 heterocycles. The Balaban J connectivity index is 2.28. The molecule has 1 aromatic rings. The van der Waals surface area contributed by atoms with Crippen molar-refractivity contribution in [3.63, 3.8) is 0 Å². The Morgan fingerprint density at radius 3 is 2.07 bits per heavy atom. The number of aliphatic carboxylic acids is 1. The average molecular weight is 844 g/mol. The number of ether oxygens (including phenoxy) is 4. The van der Waals surface area contributed by atoms with Crippen LogP contribution in [-0.4, -0.2) is 85.8 Å². The highest BCUT2D eigenvalue weighted by Crippen LogP contribution is 2.38. The first-order valence-electron chi connectivity index (χ1n) is 21.9. The van der Waals surface area contributed by atoms with Crippen molar-refractivity contribution < 1.29 is 48.0 Å². The molecule has 3 atom stereocenters. The molecule has 3 N–H and O–H groups in total. The van der Waals surface area contributed by atoms with E-state index in [0.717, 1.165) is 44.9 Å². The predicted molar refractivity (Wildman–Crippen MR) is 236 cm³/mol. The van der Waals surface area contributed by atoms with Gasteiger partial charge >= 0.3 is 11.9 Å². The third-order valence-electron chi connectivity index (χ3n) is 11.2. The van der Waals surface area contributed by atoms with Crippen LogP contribution in [0.4, 0.5) is 0 Å². The molecule has 0 radical (unpaired) electrons. The second-order valence-corrected chi connectivity index (χ2v) is 23.2. The molecular formula is C47H77NO10Si. The number of carbonyl (C=O) groups excluding carboxylic acids is 2. The molecule has 1 aliphatic rings. The summed E-state index contributed by atoms with van der Waals surface area (Å²) in [6.07, 6.45) is 15.1. The molecule has 0 spiro atoms. The van der Waals surface area contributed by atoms with Crippen LogP contribution >= 0.6 is 0 Å². The summed E-state index contributed by atoms with van der Waals surface area (Å²) in [4.78, 5) is 40.8. The number of rotatable bonds is 27. The topological polar surface area (TPSA) is 150 Å². The second kappa shape index (κ2) is 24.9. The van der Waals surface area contributed by atoms with Gasteiger partial charge in [-0.25, -0.2) is 9.59 Å². The van der Waals surface area contributed by atoms with E-state index < -0.39 is 55.1 Å². The number of esters is 1. The number of carboxylic acid groups (broad SMARTS) is 1. The summed E-state index contributed by atoms with van der Waals surface area (Å²) < 4.78 is 29.9. The van der Waals surface area contributed by atoms with Crippen LogP contribution in [-0.2, 0) is 39.4 Å². The van der Waals surface area contributed by atoms with Gasteiger partial charge in [0.05, 0.1) is 19.1 Å². The number of allylic oxidation sites excluding steroid dienone is 1. The highest BCUT2D eigenvalue weighted by molar-refractivity contribution is 6.74. The van der Waals surface area contributed by atoms with Crippen molar-refractivity contribution in [1.29, 1.82) is 0 Å². The van der Waals surface area contributed by atoms with Crippen LogP contribution in [0.25, 0.3) is 0 Å². The van der Waals surface area contributed by atoms with E-state index in [1.165, 1.54) is 31.8 Å². The first-order chi connectivity index (χ1) is 27.7. The fourth-order valence-electron chi connectivity index (χ4n) is 6.65. The van der Waals surface area contributed by atoms with Gasteiger partial charge in [0.1, 0.15) is 24.0 Å². The third-order valence-corrected chi connectivity index (χ3v) is 15.8. The van der Waals surface area contributed by atoms with E-state index in [-0.39, 0.29) is 31.1 Å². The Labute approximate surface area is 356 Å². The summed E-state index contributed by atoms with van der Waals surface area (Å²) in [5.74, 6) is 1.21. The smallest absolute Gasteiger partial charge is 0.339 e. The molecule has 1 aromatic carbocycles. The molecule has 1 saturated heterocycles.